The van der Waals surface area contributed by atoms with Gasteiger partial charge in [-0.05, 0) is 36.8 Å². The van der Waals surface area contributed by atoms with E-state index in [0.29, 0.717) is 27.5 Å². The maximum atomic E-state index is 13.1. The van der Waals surface area contributed by atoms with Crippen molar-refractivity contribution in [2.45, 2.75) is 6.92 Å². The van der Waals surface area contributed by atoms with Crippen molar-refractivity contribution < 1.29 is 14.3 Å². The Bertz CT molecular complexity index is 1460. The topological polar surface area (TPSA) is 115 Å². The Labute approximate surface area is 193 Å². The van der Waals surface area contributed by atoms with E-state index in [1.807, 2.05) is 54.6 Å². The summed E-state index contributed by atoms with van der Waals surface area (Å²) >= 11 is 1.43. The van der Waals surface area contributed by atoms with E-state index in [1.165, 1.54) is 11.3 Å². The van der Waals surface area contributed by atoms with Crippen LogP contribution in [0.3, 0.4) is 0 Å². The van der Waals surface area contributed by atoms with Crippen LogP contribution in [0.25, 0.3) is 32.4 Å². The number of thiophene rings is 1. The zero-order valence-electron chi connectivity index (χ0n) is 18.0. The van der Waals surface area contributed by atoms with Crippen molar-refractivity contribution in [3.63, 3.8) is 0 Å². The van der Waals surface area contributed by atoms with Gasteiger partial charge in [-0.25, -0.2) is 9.78 Å². The molecule has 3 aromatic heterocycles. The molecule has 3 heterocycles. The molecular weight excluding hydrogens is 438 g/mol. The highest BCUT2D eigenvalue weighted by Crippen LogP contribution is 2.45. The molecule has 0 aliphatic carbocycles. The number of pyridine rings is 1. The van der Waals surface area contributed by atoms with Gasteiger partial charge >= 0.3 is 5.97 Å². The summed E-state index contributed by atoms with van der Waals surface area (Å²) in [6.07, 6.45) is 0. The molecule has 8 nitrogen and oxygen atoms in total. The van der Waals surface area contributed by atoms with E-state index in [-0.39, 0.29) is 6.61 Å². The number of esters is 1. The Morgan fingerprint density at radius 2 is 1.91 bits per heavy atom. The highest BCUT2D eigenvalue weighted by atomic mass is 32.1. The van der Waals surface area contributed by atoms with Crippen molar-refractivity contribution in [3.8, 4) is 16.9 Å². The number of carbonyl (C=O) groups is 1. The largest absolute Gasteiger partial charge is 0.497 e. The van der Waals surface area contributed by atoms with E-state index in [9.17, 15) is 4.79 Å². The first-order chi connectivity index (χ1) is 16.1. The number of fused-ring (bicyclic) bond motifs is 2. The minimum atomic E-state index is -0.450. The average Bonchev–Trinajstić information content (AvgIpc) is 3.38. The molecule has 0 spiro atoms. The summed E-state index contributed by atoms with van der Waals surface area (Å²) in [5, 5.41) is 11.8. The second-order valence-corrected chi connectivity index (χ2v) is 8.27. The maximum absolute atomic E-state index is 13.1. The standard InChI is InChI=1S/C24H21N5O3S/c1-3-32-24(30)18-19-20(33-23(18)26-14-9-11-15(31-2)12-10-14)16(13-7-5-4-6-8-13)17-21(25)28-29-22(17)27-19/h4-12,26H,3H2,1-2H3,(H3,25,27,28,29). The quantitative estimate of drug-likeness (QED) is 0.293. The number of nitrogens with zero attached hydrogens (tertiary/aromatic N) is 2. The van der Waals surface area contributed by atoms with Gasteiger partial charge in [-0.1, -0.05) is 30.3 Å². The van der Waals surface area contributed by atoms with E-state index in [2.05, 4.69) is 15.5 Å². The van der Waals surface area contributed by atoms with Crippen LogP contribution in [0.4, 0.5) is 16.5 Å². The summed E-state index contributed by atoms with van der Waals surface area (Å²) in [6, 6.07) is 17.3. The summed E-state index contributed by atoms with van der Waals surface area (Å²) in [5.74, 6) is 0.718. The van der Waals surface area contributed by atoms with Gasteiger partial charge in [-0.15, -0.1) is 11.3 Å². The number of hydrogen-bond donors (Lipinski definition) is 3. The molecule has 0 saturated carbocycles. The number of anilines is 3. The number of aromatic amines is 1. The van der Waals surface area contributed by atoms with Gasteiger partial charge in [0.1, 0.15) is 27.6 Å². The number of hydrogen-bond acceptors (Lipinski definition) is 8. The first-order valence-corrected chi connectivity index (χ1v) is 11.2. The zero-order chi connectivity index (χ0) is 22.9. The fourth-order valence-electron chi connectivity index (χ4n) is 3.76. The lowest BCUT2D eigenvalue weighted by Gasteiger charge is -2.08. The third-order valence-corrected chi connectivity index (χ3v) is 6.35. The van der Waals surface area contributed by atoms with E-state index in [0.717, 1.165) is 32.6 Å². The van der Waals surface area contributed by atoms with Crippen LogP contribution in [-0.2, 0) is 4.74 Å². The van der Waals surface area contributed by atoms with E-state index < -0.39 is 5.97 Å². The van der Waals surface area contributed by atoms with Gasteiger partial charge in [0.25, 0.3) is 0 Å². The molecule has 0 aliphatic heterocycles. The first kappa shape index (κ1) is 20.8. The van der Waals surface area contributed by atoms with Crippen molar-refractivity contribution >= 4 is 55.1 Å². The SMILES string of the molecule is CCOC(=O)c1c(Nc2ccc(OC)cc2)sc2c(-c3ccccc3)c3c(N)[nH]nc3nc12. The lowest BCUT2D eigenvalue weighted by atomic mass is 10.0. The smallest absolute Gasteiger partial charge is 0.343 e. The maximum Gasteiger partial charge on any atom is 0.343 e. The third-order valence-electron chi connectivity index (χ3n) is 5.24. The molecule has 0 unspecified atom stereocenters. The number of aromatic nitrogens is 3. The van der Waals surface area contributed by atoms with Gasteiger partial charge in [-0.2, -0.15) is 5.10 Å². The summed E-state index contributed by atoms with van der Waals surface area (Å²) in [5.41, 5.74) is 10.2. The Morgan fingerprint density at radius 3 is 2.61 bits per heavy atom. The predicted molar refractivity (Wildman–Crippen MR) is 131 cm³/mol. The molecule has 0 radical (unpaired) electrons. The molecule has 0 amide bonds. The predicted octanol–water partition coefficient (Wildman–Crippen LogP) is 5.35. The highest BCUT2D eigenvalue weighted by molar-refractivity contribution is 7.24. The second-order valence-electron chi connectivity index (χ2n) is 7.25. The average molecular weight is 460 g/mol. The number of H-pyrrole nitrogens is 1. The molecule has 0 atom stereocenters. The number of nitrogens with two attached hydrogens (primary N) is 1. The second kappa shape index (κ2) is 8.44. The van der Waals surface area contributed by atoms with Crippen LogP contribution in [0.2, 0.25) is 0 Å². The molecule has 166 valence electrons. The number of benzene rings is 2. The lowest BCUT2D eigenvalue weighted by Crippen LogP contribution is -2.07. The van der Waals surface area contributed by atoms with Crippen LogP contribution in [0.1, 0.15) is 17.3 Å². The molecule has 4 N–H and O–H groups in total. The summed E-state index contributed by atoms with van der Waals surface area (Å²) in [7, 11) is 1.62. The van der Waals surface area contributed by atoms with Crippen LogP contribution in [0.5, 0.6) is 5.75 Å². The number of nitrogens with one attached hydrogen (secondary N) is 2. The number of carbonyl (C=O) groups excluding carboxylic acids is 1. The minimum absolute atomic E-state index is 0.251. The fourth-order valence-corrected chi connectivity index (χ4v) is 4.98. The van der Waals surface area contributed by atoms with Crippen molar-refractivity contribution in [3.05, 3.63) is 60.2 Å². The van der Waals surface area contributed by atoms with Crippen LogP contribution in [0.15, 0.2) is 54.6 Å². The van der Waals surface area contributed by atoms with Crippen molar-refractivity contribution in [1.29, 1.82) is 0 Å². The van der Waals surface area contributed by atoms with E-state index in [1.54, 1.807) is 14.0 Å². The minimum Gasteiger partial charge on any atom is -0.497 e. The van der Waals surface area contributed by atoms with Gasteiger partial charge in [0, 0.05) is 11.3 Å². The Kier molecular flexibility index (Phi) is 5.31. The van der Waals surface area contributed by atoms with Crippen LogP contribution in [0, 0.1) is 0 Å². The molecule has 5 rings (SSSR count). The molecule has 5 aromatic rings. The third kappa shape index (κ3) is 3.62. The molecular formula is C24H21N5O3S. The van der Waals surface area contributed by atoms with E-state index in [4.69, 9.17) is 20.2 Å². The Balaban J connectivity index is 1.79. The monoisotopic (exact) mass is 459 g/mol. The molecule has 2 aromatic carbocycles. The molecule has 0 saturated heterocycles. The normalized spacial score (nSPS) is 11.1. The molecule has 9 heteroatoms. The zero-order valence-corrected chi connectivity index (χ0v) is 18.8. The Hall–Kier alpha value is -4.11. The van der Waals surface area contributed by atoms with Crippen LogP contribution in [-0.4, -0.2) is 34.9 Å². The summed E-state index contributed by atoms with van der Waals surface area (Å²) < 4.78 is 11.4. The van der Waals surface area contributed by atoms with Gasteiger partial charge in [-0.3, -0.25) is 5.10 Å². The fraction of sp³-hybridized carbons (Fsp3) is 0.125. The van der Waals surface area contributed by atoms with Crippen molar-refractivity contribution in [2.75, 3.05) is 24.8 Å². The molecule has 0 bridgehead atoms. The van der Waals surface area contributed by atoms with Gasteiger partial charge in [0.2, 0.25) is 0 Å². The summed E-state index contributed by atoms with van der Waals surface area (Å²) in [4.78, 5) is 17.8. The number of rotatable bonds is 6. The number of methoxy groups -OCH3 is 1. The first-order valence-electron chi connectivity index (χ1n) is 10.3. The molecule has 33 heavy (non-hydrogen) atoms. The number of nitrogen functional groups attached to an aromatic ring is 1. The van der Waals surface area contributed by atoms with Gasteiger partial charge in [0.05, 0.1) is 23.8 Å². The van der Waals surface area contributed by atoms with Crippen LogP contribution >= 0.6 is 11.3 Å². The van der Waals surface area contributed by atoms with Gasteiger partial charge < -0.3 is 20.5 Å². The van der Waals surface area contributed by atoms with Crippen LogP contribution < -0.4 is 15.8 Å². The number of ether oxygens (including phenoxy) is 2. The molecule has 0 fully saturated rings. The lowest BCUT2D eigenvalue weighted by molar-refractivity contribution is 0.0530. The molecule has 0 aliphatic rings. The van der Waals surface area contributed by atoms with E-state index >= 15 is 0 Å². The Morgan fingerprint density at radius 1 is 1.15 bits per heavy atom. The summed E-state index contributed by atoms with van der Waals surface area (Å²) in [6.45, 7) is 2.03. The highest BCUT2D eigenvalue weighted by Gasteiger charge is 2.27. The van der Waals surface area contributed by atoms with Crippen molar-refractivity contribution in [1.82, 2.24) is 15.2 Å². The van der Waals surface area contributed by atoms with Gasteiger partial charge in [0.15, 0.2) is 5.65 Å². The van der Waals surface area contributed by atoms with Crippen molar-refractivity contribution in [2.24, 2.45) is 0 Å².